The van der Waals surface area contributed by atoms with Crippen LogP contribution in [-0.2, 0) is 9.84 Å². The molecule has 0 spiro atoms. The molecule has 0 aliphatic rings. The van der Waals surface area contributed by atoms with E-state index in [1.54, 1.807) is 0 Å². The fraction of sp³-hybridized carbons (Fsp3) is 1.00. The van der Waals surface area contributed by atoms with Gasteiger partial charge >= 0.3 is 0 Å². The van der Waals surface area contributed by atoms with E-state index < -0.39 is 9.84 Å². The molecular formula is C13H29NO2S. The third-order valence-electron chi connectivity index (χ3n) is 2.99. The van der Waals surface area contributed by atoms with Crippen molar-refractivity contribution in [1.82, 2.24) is 5.32 Å². The summed E-state index contributed by atoms with van der Waals surface area (Å²) in [6, 6.07) is 0.483. The fourth-order valence-electron chi connectivity index (χ4n) is 1.81. The quantitative estimate of drug-likeness (QED) is 0.623. The Morgan fingerprint density at radius 1 is 1.00 bits per heavy atom. The first-order valence-electron chi connectivity index (χ1n) is 6.99. The van der Waals surface area contributed by atoms with Crippen molar-refractivity contribution in [2.24, 2.45) is 0 Å². The maximum absolute atomic E-state index is 11.7. The van der Waals surface area contributed by atoms with Gasteiger partial charge in [0.25, 0.3) is 0 Å². The Morgan fingerprint density at radius 2 is 1.65 bits per heavy atom. The van der Waals surface area contributed by atoms with Gasteiger partial charge in [0.1, 0.15) is 9.84 Å². The van der Waals surface area contributed by atoms with Gasteiger partial charge in [-0.1, -0.05) is 27.2 Å². The monoisotopic (exact) mass is 263 g/mol. The Bertz CT molecular complexity index is 263. The van der Waals surface area contributed by atoms with Crippen molar-refractivity contribution in [2.45, 2.75) is 65.3 Å². The van der Waals surface area contributed by atoms with Gasteiger partial charge in [0, 0.05) is 6.04 Å². The van der Waals surface area contributed by atoms with E-state index in [0.29, 0.717) is 17.5 Å². The summed E-state index contributed by atoms with van der Waals surface area (Å²) in [5.74, 6) is 0.722. The molecule has 1 N–H and O–H groups in total. The molecule has 17 heavy (non-hydrogen) atoms. The minimum Gasteiger partial charge on any atom is -0.314 e. The van der Waals surface area contributed by atoms with Gasteiger partial charge in [0.15, 0.2) is 0 Å². The van der Waals surface area contributed by atoms with Crippen LogP contribution in [0.2, 0.25) is 0 Å². The molecule has 0 aliphatic carbocycles. The summed E-state index contributed by atoms with van der Waals surface area (Å²) in [6.07, 6.45) is 5.73. The van der Waals surface area contributed by atoms with Gasteiger partial charge in [-0.05, 0) is 38.6 Å². The first-order chi connectivity index (χ1) is 8.05. The van der Waals surface area contributed by atoms with Crippen LogP contribution < -0.4 is 5.32 Å². The van der Waals surface area contributed by atoms with Gasteiger partial charge in [0.05, 0.1) is 11.5 Å². The summed E-state index contributed by atoms with van der Waals surface area (Å²) in [6.45, 7) is 7.35. The molecule has 1 unspecified atom stereocenters. The van der Waals surface area contributed by atoms with Crippen molar-refractivity contribution >= 4 is 9.84 Å². The molecule has 0 aromatic carbocycles. The zero-order valence-electron chi connectivity index (χ0n) is 11.7. The lowest BCUT2D eigenvalue weighted by Gasteiger charge is -2.16. The molecule has 0 bridgehead atoms. The Morgan fingerprint density at radius 3 is 2.18 bits per heavy atom. The lowest BCUT2D eigenvalue weighted by atomic mass is 10.1. The normalized spacial score (nSPS) is 13.8. The number of rotatable bonds is 11. The van der Waals surface area contributed by atoms with Gasteiger partial charge in [-0.3, -0.25) is 0 Å². The Labute approximate surface area is 107 Å². The average molecular weight is 263 g/mol. The van der Waals surface area contributed by atoms with Gasteiger partial charge in [0.2, 0.25) is 0 Å². The van der Waals surface area contributed by atoms with E-state index in [2.05, 4.69) is 19.2 Å². The van der Waals surface area contributed by atoms with Crippen molar-refractivity contribution in [3.05, 3.63) is 0 Å². The second-order valence-corrected chi connectivity index (χ2v) is 7.01. The third kappa shape index (κ3) is 9.60. The topological polar surface area (TPSA) is 46.2 Å². The zero-order chi connectivity index (χ0) is 13.1. The minimum atomic E-state index is -2.80. The van der Waals surface area contributed by atoms with Gasteiger partial charge in [-0.15, -0.1) is 0 Å². The highest BCUT2D eigenvalue weighted by Gasteiger charge is 2.11. The molecule has 4 heteroatoms. The summed E-state index contributed by atoms with van der Waals surface area (Å²) in [4.78, 5) is 0. The molecule has 1 atom stereocenters. The standard InChI is InChI=1S/C13H29NO2S/c1-4-7-11-17(15,16)12-8-9-13(6-3)14-10-5-2/h13-14H,4-12H2,1-3H3. The molecule has 0 aromatic rings. The smallest absolute Gasteiger partial charge is 0.150 e. The summed E-state index contributed by atoms with van der Waals surface area (Å²) >= 11 is 0. The van der Waals surface area contributed by atoms with Crippen LogP contribution in [0.4, 0.5) is 0 Å². The SMILES string of the molecule is CCCCS(=O)(=O)CCCC(CC)NCCC. The van der Waals surface area contributed by atoms with Crippen LogP contribution in [0.25, 0.3) is 0 Å². The average Bonchev–Trinajstić information content (AvgIpc) is 2.31. The lowest BCUT2D eigenvalue weighted by Crippen LogP contribution is -2.29. The van der Waals surface area contributed by atoms with Crippen LogP contribution in [0, 0.1) is 0 Å². The van der Waals surface area contributed by atoms with Crippen molar-refractivity contribution < 1.29 is 8.42 Å². The predicted octanol–water partition coefficient (Wildman–Crippen LogP) is 2.76. The number of sulfone groups is 1. The first-order valence-corrected chi connectivity index (χ1v) is 8.81. The highest BCUT2D eigenvalue weighted by atomic mass is 32.2. The van der Waals surface area contributed by atoms with E-state index in [1.807, 2.05) is 6.92 Å². The molecule has 104 valence electrons. The molecule has 0 rings (SSSR count). The predicted molar refractivity (Wildman–Crippen MR) is 75.2 cm³/mol. The Hall–Kier alpha value is -0.0900. The molecule has 0 amide bonds. The molecule has 0 heterocycles. The molecule has 0 aliphatic heterocycles. The van der Waals surface area contributed by atoms with Crippen LogP contribution in [0.3, 0.4) is 0 Å². The Kier molecular flexibility index (Phi) is 9.84. The largest absolute Gasteiger partial charge is 0.314 e. The summed E-state index contributed by atoms with van der Waals surface area (Å²) in [5, 5.41) is 3.45. The van der Waals surface area contributed by atoms with Gasteiger partial charge in [-0.25, -0.2) is 8.42 Å². The molecular weight excluding hydrogens is 234 g/mol. The molecule has 3 nitrogen and oxygen atoms in total. The van der Waals surface area contributed by atoms with Crippen LogP contribution in [-0.4, -0.2) is 32.5 Å². The molecule has 0 aromatic heterocycles. The maximum Gasteiger partial charge on any atom is 0.150 e. The van der Waals surface area contributed by atoms with Crippen molar-refractivity contribution in [1.29, 1.82) is 0 Å². The lowest BCUT2D eigenvalue weighted by molar-refractivity contribution is 0.463. The van der Waals surface area contributed by atoms with E-state index >= 15 is 0 Å². The minimum absolute atomic E-state index is 0.358. The number of nitrogens with one attached hydrogen (secondary N) is 1. The maximum atomic E-state index is 11.7. The Balaban J connectivity index is 3.79. The first kappa shape index (κ1) is 16.9. The van der Waals surface area contributed by atoms with Crippen LogP contribution in [0.15, 0.2) is 0 Å². The van der Waals surface area contributed by atoms with Crippen molar-refractivity contribution in [2.75, 3.05) is 18.1 Å². The van der Waals surface area contributed by atoms with E-state index in [1.165, 1.54) is 0 Å². The van der Waals surface area contributed by atoms with Crippen LogP contribution in [0.5, 0.6) is 0 Å². The second kappa shape index (κ2) is 9.89. The molecule has 0 saturated heterocycles. The highest BCUT2D eigenvalue weighted by molar-refractivity contribution is 7.91. The van der Waals surface area contributed by atoms with E-state index in [0.717, 1.165) is 45.1 Å². The van der Waals surface area contributed by atoms with Crippen LogP contribution >= 0.6 is 0 Å². The van der Waals surface area contributed by atoms with Gasteiger partial charge in [-0.2, -0.15) is 0 Å². The zero-order valence-corrected chi connectivity index (χ0v) is 12.5. The molecule has 0 radical (unpaired) electrons. The molecule has 0 saturated carbocycles. The van der Waals surface area contributed by atoms with Crippen molar-refractivity contribution in [3.63, 3.8) is 0 Å². The fourth-order valence-corrected chi connectivity index (χ4v) is 3.35. The summed E-state index contributed by atoms with van der Waals surface area (Å²) in [5.41, 5.74) is 0. The summed E-state index contributed by atoms with van der Waals surface area (Å²) in [7, 11) is -2.80. The number of unbranched alkanes of at least 4 members (excludes halogenated alkanes) is 1. The highest BCUT2D eigenvalue weighted by Crippen LogP contribution is 2.06. The number of hydrogen-bond donors (Lipinski definition) is 1. The van der Waals surface area contributed by atoms with Crippen LogP contribution in [0.1, 0.15) is 59.3 Å². The van der Waals surface area contributed by atoms with Crippen molar-refractivity contribution in [3.8, 4) is 0 Å². The number of hydrogen-bond acceptors (Lipinski definition) is 3. The third-order valence-corrected chi connectivity index (χ3v) is 4.81. The van der Waals surface area contributed by atoms with E-state index in [-0.39, 0.29) is 0 Å². The van der Waals surface area contributed by atoms with Gasteiger partial charge < -0.3 is 5.32 Å². The second-order valence-electron chi connectivity index (χ2n) is 4.71. The summed E-state index contributed by atoms with van der Waals surface area (Å²) < 4.78 is 23.3. The molecule has 0 fully saturated rings. The van der Waals surface area contributed by atoms with E-state index in [4.69, 9.17) is 0 Å². The van der Waals surface area contributed by atoms with E-state index in [9.17, 15) is 8.42 Å².